The van der Waals surface area contributed by atoms with Gasteiger partial charge in [-0.05, 0) is 60.9 Å². The van der Waals surface area contributed by atoms with E-state index in [1.165, 1.54) is 35.5 Å². The van der Waals surface area contributed by atoms with Crippen LogP contribution in [0.25, 0.3) is 17.2 Å². The van der Waals surface area contributed by atoms with E-state index in [-0.39, 0.29) is 29.0 Å². The zero-order valence-corrected chi connectivity index (χ0v) is 22.7. The van der Waals surface area contributed by atoms with Crippen molar-refractivity contribution in [2.75, 3.05) is 6.26 Å². The number of hydrogen-bond acceptors (Lipinski definition) is 8. The SMILES string of the molecule is C[C@H](Cc1ncn(-c2nccc([C@]34CC[C@@H](c5cc(-c6c(F)cccc6F)nnc53)C4(C)C)n2)n1)S(C)(=O)=O. The third kappa shape index (κ3) is 3.79. The number of rotatable bonds is 6. The van der Waals surface area contributed by atoms with Crippen molar-refractivity contribution >= 4 is 9.84 Å². The topological polar surface area (TPSA) is 116 Å². The third-order valence-corrected chi connectivity index (χ3v) is 10.3. The predicted octanol–water partition coefficient (Wildman–Crippen LogP) is 3.97. The summed E-state index contributed by atoms with van der Waals surface area (Å²) in [4.78, 5) is 13.5. The minimum absolute atomic E-state index is 0.102. The Morgan fingerprint density at radius 3 is 2.59 bits per heavy atom. The summed E-state index contributed by atoms with van der Waals surface area (Å²) in [5, 5.41) is 12.7. The maximum Gasteiger partial charge on any atom is 0.252 e. The van der Waals surface area contributed by atoms with E-state index in [2.05, 4.69) is 39.1 Å². The summed E-state index contributed by atoms with van der Waals surface area (Å²) in [6, 6.07) is 7.38. The van der Waals surface area contributed by atoms with Crippen molar-refractivity contribution in [1.82, 2.24) is 34.9 Å². The first kappa shape index (κ1) is 25.6. The molecule has 3 atom stereocenters. The fourth-order valence-electron chi connectivity index (χ4n) is 6.35. The Morgan fingerprint density at radius 1 is 1.13 bits per heavy atom. The number of nitrogens with zero attached hydrogens (tertiary/aromatic N) is 7. The molecule has 0 amide bonds. The van der Waals surface area contributed by atoms with E-state index >= 15 is 0 Å². The summed E-state index contributed by atoms with van der Waals surface area (Å²) in [6.07, 6.45) is 6.14. The molecule has 2 aliphatic carbocycles. The van der Waals surface area contributed by atoms with Gasteiger partial charge in [0.25, 0.3) is 5.95 Å². The van der Waals surface area contributed by atoms with E-state index in [4.69, 9.17) is 4.98 Å². The second kappa shape index (κ2) is 8.67. The average molecular weight is 552 g/mol. The standard InChI is InChI=1S/C27H27F2N7O2S/c1-15(39(4,37)38)12-22-31-14-36(35-22)25-30-11-9-21(32-25)27-10-8-17(26(27,2)3)16-13-20(33-34-24(16)27)23-18(28)6-5-7-19(23)29/h5-7,9,11,13-15,17H,8,10,12H2,1-4H3/t15-,17+,27-/m1/s1. The van der Waals surface area contributed by atoms with Gasteiger partial charge < -0.3 is 0 Å². The van der Waals surface area contributed by atoms with Crippen LogP contribution in [0.5, 0.6) is 0 Å². The molecule has 0 N–H and O–H groups in total. The first-order valence-corrected chi connectivity index (χ1v) is 14.6. The summed E-state index contributed by atoms with van der Waals surface area (Å²) in [5.41, 5.74) is 1.54. The van der Waals surface area contributed by atoms with E-state index < -0.39 is 32.1 Å². The van der Waals surface area contributed by atoms with Gasteiger partial charge in [-0.1, -0.05) is 19.9 Å². The molecule has 1 saturated carbocycles. The minimum Gasteiger partial charge on any atom is -0.229 e. The summed E-state index contributed by atoms with van der Waals surface area (Å²) in [7, 11) is -3.22. The van der Waals surface area contributed by atoms with Gasteiger partial charge in [0, 0.05) is 18.9 Å². The van der Waals surface area contributed by atoms with Crippen molar-refractivity contribution in [3.8, 4) is 17.2 Å². The molecule has 0 saturated heterocycles. The lowest BCUT2D eigenvalue weighted by Crippen LogP contribution is -2.38. The number of halogens is 2. The zero-order valence-electron chi connectivity index (χ0n) is 21.9. The molecule has 0 spiro atoms. The second-order valence-corrected chi connectivity index (χ2v) is 13.5. The lowest BCUT2D eigenvalue weighted by molar-refractivity contribution is 0.242. The van der Waals surface area contributed by atoms with Crippen molar-refractivity contribution in [1.29, 1.82) is 0 Å². The zero-order chi connectivity index (χ0) is 27.7. The number of hydrogen-bond donors (Lipinski definition) is 0. The van der Waals surface area contributed by atoms with Gasteiger partial charge in [-0.2, -0.15) is 9.78 Å². The number of aromatic nitrogens is 7. The molecule has 0 unspecified atom stereocenters. The third-order valence-electron chi connectivity index (χ3n) is 8.63. The molecule has 39 heavy (non-hydrogen) atoms. The molecular formula is C27H27F2N7O2S. The van der Waals surface area contributed by atoms with Crippen molar-refractivity contribution in [2.24, 2.45) is 5.41 Å². The number of fused-ring (bicyclic) bond motifs is 5. The quantitative estimate of drug-likeness (QED) is 0.353. The predicted molar refractivity (Wildman–Crippen MR) is 139 cm³/mol. The Labute approximate surface area is 224 Å². The van der Waals surface area contributed by atoms with E-state index in [0.717, 1.165) is 29.8 Å². The summed E-state index contributed by atoms with van der Waals surface area (Å²) in [5.74, 6) is -0.574. The normalized spacial score (nSPS) is 22.2. The molecule has 6 rings (SSSR count). The van der Waals surface area contributed by atoms with Crippen LogP contribution in [0.1, 0.15) is 62.3 Å². The van der Waals surface area contributed by atoms with Crippen LogP contribution in [0, 0.1) is 17.0 Å². The van der Waals surface area contributed by atoms with Crippen LogP contribution in [0.15, 0.2) is 42.9 Å². The van der Waals surface area contributed by atoms with Crippen LogP contribution >= 0.6 is 0 Å². The largest absolute Gasteiger partial charge is 0.252 e. The Hall–Kier alpha value is -3.67. The molecule has 3 heterocycles. The fourth-order valence-corrected chi connectivity index (χ4v) is 6.80. The summed E-state index contributed by atoms with van der Waals surface area (Å²) >= 11 is 0. The molecule has 0 aliphatic heterocycles. The highest BCUT2D eigenvalue weighted by Gasteiger charge is 2.65. The molecule has 9 nitrogen and oxygen atoms in total. The molecule has 0 radical (unpaired) electrons. The average Bonchev–Trinajstić information content (AvgIpc) is 3.51. The summed E-state index contributed by atoms with van der Waals surface area (Å²) in [6.45, 7) is 5.95. The highest BCUT2D eigenvalue weighted by molar-refractivity contribution is 7.91. The molecule has 2 bridgehead atoms. The van der Waals surface area contributed by atoms with E-state index in [9.17, 15) is 17.2 Å². The molecule has 1 aromatic carbocycles. The Morgan fingerprint density at radius 2 is 1.87 bits per heavy atom. The monoisotopic (exact) mass is 551 g/mol. The maximum absolute atomic E-state index is 14.5. The Kier molecular flexibility index (Phi) is 5.69. The van der Waals surface area contributed by atoms with Crippen molar-refractivity contribution in [3.05, 3.63) is 77.3 Å². The van der Waals surface area contributed by atoms with Crippen LogP contribution in [0.3, 0.4) is 0 Å². The van der Waals surface area contributed by atoms with Gasteiger partial charge in [0.2, 0.25) is 0 Å². The van der Waals surface area contributed by atoms with Crippen molar-refractivity contribution in [2.45, 2.75) is 56.6 Å². The molecule has 3 aromatic heterocycles. The second-order valence-electron chi connectivity index (χ2n) is 11.0. The minimum atomic E-state index is -3.22. The van der Waals surface area contributed by atoms with E-state index in [0.29, 0.717) is 11.8 Å². The number of benzene rings is 1. The summed E-state index contributed by atoms with van der Waals surface area (Å²) < 4.78 is 54.2. The lowest BCUT2D eigenvalue weighted by Gasteiger charge is -2.37. The van der Waals surface area contributed by atoms with Crippen LogP contribution in [0.2, 0.25) is 0 Å². The highest BCUT2D eigenvalue weighted by Crippen LogP contribution is 2.69. The maximum atomic E-state index is 14.5. The molecule has 12 heteroatoms. The lowest BCUT2D eigenvalue weighted by atomic mass is 9.66. The van der Waals surface area contributed by atoms with Crippen molar-refractivity contribution < 1.29 is 17.2 Å². The molecule has 4 aromatic rings. The first-order chi connectivity index (χ1) is 18.4. The molecule has 2 aliphatic rings. The van der Waals surface area contributed by atoms with Gasteiger partial charge in [0.15, 0.2) is 5.82 Å². The van der Waals surface area contributed by atoms with Crippen LogP contribution < -0.4 is 0 Å². The smallest absolute Gasteiger partial charge is 0.229 e. The number of sulfone groups is 1. The van der Waals surface area contributed by atoms with Crippen LogP contribution in [-0.4, -0.2) is 54.9 Å². The van der Waals surface area contributed by atoms with Crippen LogP contribution in [0.4, 0.5) is 8.78 Å². The molecule has 202 valence electrons. The fraction of sp³-hybridized carbons (Fsp3) is 0.407. The van der Waals surface area contributed by atoms with Crippen molar-refractivity contribution in [3.63, 3.8) is 0 Å². The highest BCUT2D eigenvalue weighted by atomic mass is 32.2. The van der Waals surface area contributed by atoms with Crippen LogP contribution in [-0.2, 0) is 21.7 Å². The molecule has 1 fully saturated rings. The van der Waals surface area contributed by atoms with Gasteiger partial charge in [0.05, 0.1) is 33.3 Å². The van der Waals surface area contributed by atoms with E-state index in [1.807, 2.05) is 6.07 Å². The Bertz CT molecular complexity index is 1700. The van der Waals surface area contributed by atoms with Gasteiger partial charge in [-0.3, -0.25) is 0 Å². The van der Waals surface area contributed by atoms with Gasteiger partial charge in [0.1, 0.15) is 27.8 Å². The Balaban J connectivity index is 1.41. The molecular weight excluding hydrogens is 524 g/mol. The van der Waals surface area contributed by atoms with E-state index in [1.54, 1.807) is 19.2 Å². The van der Waals surface area contributed by atoms with Gasteiger partial charge in [-0.25, -0.2) is 32.2 Å². The first-order valence-electron chi connectivity index (χ1n) is 12.7. The van der Waals surface area contributed by atoms with Gasteiger partial charge in [-0.15, -0.1) is 10.2 Å². The van der Waals surface area contributed by atoms with Gasteiger partial charge >= 0.3 is 0 Å².